The summed E-state index contributed by atoms with van der Waals surface area (Å²) in [6.45, 7) is 8.19. The first kappa shape index (κ1) is 17.6. The average molecular weight is 345 g/mol. The molecule has 1 amide bonds. The van der Waals surface area contributed by atoms with Gasteiger partial charge in [-0.2, -0.15) is 10.1 Å². The Kier molecular flexibility index (Phi) is 5.50. The van der Waals surface area contributed by atoms with Crippen LogP contribution in [0, 0.1) is 13.8 Å². The van der Waals surface area contributed by atoms with Crippen molar-refractivity contribution in [1.29, 1.82) is 0 Å². The number of likely N-dealkylation sites (tertiary alicyclic amines) is 1. The summed E-state index contributed by atoms with van der Waals surface area (Å²) in [6, 6.07) is 2.03. The molecule has 3 heterocycles. The van der Waals surface area contributed by atoms with Crippen LogP contribution in [0.5, 0.6) is 0 Å². The van der Waals surface area contributed by atoms with E-state index in [1.54, 1.807) is 0 Å². The van der Waals surface area contributed by atoms with E-state index in [2.05, 4.69) is 22.2 Å². The van der Waals surface area contributed by atoms with E-state index < -0.39 is 0 Å². The molecule has 1 aliphatic heterocycles. The second kappa shape index (κ2) is 7.80. The van der Waals surface area contributed by atoms with E-state index in [0.29, 0.717) is 25.4 Å². The van der Waals surface area contributed by atoms with Crippen molar-refractivity contribution in [1.82, 2.24) is 24.8 Å². The van der Waals surface area contributed by atoms with E-state index in [-0.39, 0.29) is 11.8 Å². The van der Waals surface area contributed by atoms with Crippen LogP contribution < -0.4 is 0 Å². The second-order valence-electron chi connectivity index (χ2n) is 6.88. The molecular weight excluding hydrogens is 318 g/mol. The van der Waals surface area contributed by atoms with Gasteiger partial charge in [0.25, 0.3) is 0 Å². The minimum absolute atomic E-state index is 0.157. The third kappa shape index (κ3) is 4.27. The van der Waals surface area contributed by atoms with E-state index in [1.807, 2.05) is 29.5 Å². The molecule has 7 nitrogen and oxygen atoms in total. The van der Waals surface area contributed by atoms with Crippen molar-refractivity contribution >= 4 is 5.91 Å². The molecule has 2 aromatic rings. The molecule has 0 aromatic carbocycles. The van der Waals surface area contributed by atoms with Crippen molar-refractivity contribution in [2.75, 3.05) is 13.1 Å². The first-order chi connectivity index (χ1) is 12.1. The molecule has 25 heavy (non-hydrogen) atoms. The Morgan fingerprint density at radius 2 is 2.24 bits per heavy atom. The third-order valence-electron chi connectivity index (χ3n) is 4.72. The molecule has 1 saturated heterocycles. The molecule has 3 rings (SSSR count). The van der Waals surface area contributed by atoms with Gasteiger partial charge in [0.1, 0.15) is 0 Å². The number of rotatable bonds is 6. The first-order valence-corrected chi connectivity index (χ1v) is 9.18. The smallest absolute Gasteiger partial charge is 0.231 e. The zero-order valence-electron chi connectivity index (χ0n) is 15.4. The van der Waals surface area contributed by atoms with Gasteiger partial charge < -0.3 is 9.42 Å². The summed E-state index contributed by atoms with van der Waals surface area (Å²) < 4.78 is 7.33. The largest absolute Gasteiger partial charge is 0.342 e. The van der Waals surface area contributed by atoms with Crippen LogP contribution in [0.15, 0.2) is 10.6 Å². The highest BCUT2D eigenvalue weighted by Crippen LogP contribution is 2.26. The molecule has 0 unspecified atom stereocenters. The van der Waals surface area contributed by atoms with Crippen LogP contribution in [0.1, 0.15) is 61.6 Å². The predicted octanol–water partition coefficient (Wildman–Crippen LogP) is 2.63. The highest BCUT2D eigenvalue weighted by Gasteiger charge is 2.28. The molecule has 1 fully saturated rings. The van der Waals surface area contributed by atoms with Crippen LogP contribution in [0.4, 0.5) is 0 Å². The van der Waals surface area contributed by atoms with Gasteiger partial charge >= 0.3 is 0 Å². The van der Waals surface area contributed by atoms with Crippen molar-refractivity contribution in [3.8, 4) is 0 Å². The first-order valence-electron chi connectivity index (χ1n) is 9.18. The number of aryl methyl sites for hydroxylation is 4. The van der Waals surface area contributed by atoms with Gasteiger partial charge in [0.2, 0.25) is 11.8 Å². The van der Waals surface area contributed by atoms with Gasteiger partial charge in [-0.15, -0.1) is 0 Å². The molecule has 2 aromatic heterocycles. The van der Waals surface area contributed by atoms with E-state index in [0.717, 1.165) is 49.4 Å². The minimum Gasteiger partial charge on any atom is -0.342 e. The van der Waals surface area contributed by atoms with Gasteiger partial charge in [0.05, 0.1) is 11.6 Å². The number of carbonyl (C=O) groups is 1. The van der Waals surface area contributed by atoms with Crippen LogP contribution in [-0.2, 0) is 17.8 Å². The van der Waals surface area contributed by atoms with Crippen molar-refractivity contribution in [3.63, 3.8) is 0 Å². The molecule has 0 radical (unpaired) electrons. The maximum atomic E-state index is 12.6. The maximum Gasteiger partial charge on any atom is 0.231 e. The molecule has 7 heteroatoms. The van der Waals surface area contributed by atoms with Crippen LogP contribution >= 0.6 is 0 Å². The Morgan fingerprint density at radius 1 is 1.40 bits per heavy atom. The number of aromatic nitrogens is 4. The summed E-state index contributed by atoms with van der Waals surface area (Å²) in [7, 11) is 0. The summed E-state index contributed by atoms with van der Waals surface area (Å²) in [6.07, 6.45) is 4.28. The quantitative estimate of drug-likeness (QED) is 0.804. The van der Waals surface area contributed by atoms with Gasteiger partial charge in [-0.25, -0.2) is 0 Å². The topological polar surface area (TPSA) is 77.0 Å². The Hall–Kier alpha value is -2.18. The van der Waals surface area contributed by atoms with Crippen LogP contribution in [0.25, 0.3) is 0 Å². The Bertz CT molecular complexity index is 721. The number of carbonyl (C=O) groups excluding carboxylic acids is 1. The lowest BCUT2D eigenvalue weighted by Crippen LogP contribution is -2.39. The fraction of sp³-hybridized carbons (Fsp3) is 0.667. The highest BCUT2D eigenvalue weighted by atomic mass is 16.5. The summed E-state index contributed by atoms with van der Waals surface area (Å²) >= 11 is 0. The summed E-state index contributed by atoms with van der Waals surface area (Å²) in [5.74, 6) is 1.78. The molecule has 0 N–H and O–H groups in total. The van der Waals surface area contributed by atoms with Gasteiger partial charge in [-0.1, -0.05) is 12.1 Å². The van der Waals surface area contributed by atoms with Crippen molar-refractivity contribution < 1.29 is 9.32 Å². The maximum absolute atomic E-state index is 12.6. The number of nitrogens with zero attached hydrogens (tertiary/aromatic N) is 5. The molecule has 0 bridgehead atoms. The minimum atomic E-state index is 0.157. The normalized spacial score (nSPS) is 17.9. The second-order valence-corrected chi connectivity index (χ2v) is 6.88. The van der Waals surface area contributed by atoms with Crippen molar-refractivity contribution in [3.05, 3.63) is 29.2 Å². The van der Waals surface area contributed by atoms with E-state index in [4.69, 9.17) is 4.52 Å². The van der Waals surface area contributed by atoms with Gasteiger partial charge in [0.15, 0.2) is 5.82 Å². The number of amides is 1. The number of hydrogen-bond acceptors (Lipinski definition) is 5. The SMILES string of the molecule is CCCc1noc([C@@H]2CCCN(C(=O)CCn3nc(C)cc3C)C2)n1. The van der Waals surface area contributed by atoms with Crippen LogP contribution in [-0.4, -0.2) is 43.8 Å². The van der Waals surface area contributed by atoms with E-state index >= 15 is 0 Å². The lowest BCUT2D eigenvalue weighted by Gasteiger charge is -2.31. The third-order valence-corrected chi connectivity index (χ3v) is 4.72. The molecule has 136 valence electrons. The van der Waals surface area contributed by atoms with Gasteiger partial charge in [-0.3, -0.25) is 9.48 Å². The zero-order chi connectivity index (χ0) is 17.8. The van der Waals surface area contributed by atoms with E-state index in [9.17, 15) is 4.79 Å². The summed E-state index contributed by atoms with van der Waals surface area (Å²) in [5.41, 5.74) is 2.08. The molecule has 0 saturated carbocycles. The molecule has 1 atom stereocenters. The lowest BCUT2D eigenvalue weighted by atomic mass is 9.97. The Morgan fingerprint density at radius 3 is 2.96 bits per heavy atom. The van der Waals surface area contributed by atoms with Crippen molar-refractivity contribution in [2.24, 2.45) is 0 Å². The van der Waals surface area contributed by atoms with Crippen LogP contribution in [0.3, 0.4) is 0 Å². The molecule has 0 aliphatic carbocycles. The molecule has 0 spiro atoms. The fourth-order valence-corrected chi connectivity index (χ4v) is 3.42. The Labute approximate surface area is 148 Å². The van der Waals surface area contributed by atoms with Gasteiger partial charge in [-0.05, 0) is 39.2 Å². The lowest BCUT2D eigenvalue weighted by molar-refractivity contribution is -0.132. The van der Waals surface area contributed by atoms with Crippen LogP contribution in [0.2, 0.25) is 0 Å². The standard InChI is InChI=1S/C18H27N5O2/c1-4-6-16-19-18(25-21-16)15-7-5-9-22(12-15)17(24)8-10-23-14(3)11-13(2)20-23/h11,15H,4-10,12H2,1-3H3/t15-/m1/s1. The predicted molar refractivity (Wildman–Crippen MR) is 93.2 cm³/mol. The number of hydrogen-bond donors (Lipinski definition) is 0. The van der Waals surface area contributed by atoms with Crippen molar-refractivity contribution in [2.45, 2.75) is 65.3 Å². The summed E-state index contributed by atoms with van der Waals surface area (Å²) in [4.78, 5) is 19.0. The highest BCUT2D eigenvalue weighted by molar-refractivity contribution is 5.76. The Balaban J connectivity index is 1.56. The fourth-order valence-electron chi connectivity index (χ4n) is 3.42. The summed E-state index contributed by atoms with van der Waals surface area (Å²) in [5, 5.41) is 8.46. The molecular formula is C18H27N5O2. The van der Waals surface area contributed by atoms with E-state index in [1.165, 1.54) is 0 Å². The monoisotopic (exact) mass is 345 g/mol. The average Bonchev–Trinajstić information content (AvgIpc) is 3.19. The van der Waals surface area contributed by atoms with Gasteiger partial charge in [0, 0.05) is 38.2 Å². The number of piperidine rings is 1. The zero-order valence-corrected chi connectivity index (χ0v) is 15.4. The molecule has 1 aliphatic rings.